The summed E-state index contributed by atoms with van der Waals surface area (Å²) in [5.41, 5.74) is 0. The van der Waals surface area contributed by atoms with E-state index in [-0.39, 0.29) is 25.0 Å². The highest BCUT2D eigenvalue weighted by molar-refractivity contribution is 5.09. The molecule has 3 nitrogen and oxygen atoms in total. The van der Waals surface area contributed by atoms with Crippen LogP contribution in [0, 0.1) is 23.7 Å². The lowest BCUT2D eigenvalue weighted by atomic mass is 9.88. The number of ether oxygens (including phenoxy) is 1. The van der Waals surface area contributed by atoms with Gasteiger partial charge in [-0.1, -0.05) is 18.2 Å². The zero-order valence-electron chi connectivity index (χ0n) is 10.3. The highest BCUT2D eigenvalue weighted by atomic mass is 16.5. The monoisotopic (exact) mass is 238 g/mol. The predicted molar refractivity (Wildman–Crippen MR) is 68.2 cm³/mol. The summed E-state index contributed by atoms with van der Waals surface area (Å²) in [5, 5.41) is 18.8. The molecule has 17 heavy (non-hydrogen) atoms. The molecule has 1 aliphatic rings. The summed E-state index contributed by atoms with van der Waals surface area (Å²) in [6, 6.07) is 0. The van der Waals surface area contributed by atoms with Crippen LogP contribution in [0.2, 0.25) is 0 Å². The summed E-state index contributed by atoms with van der Waals surface area (Å²) in [5.74, 6) is 0.827. The normalized spacial score (nSPS) is 33.6. The van der Waals surface area contributed by atoms with Gasteiger partial charge in [-0.05, 0) is 36.2 Å². The molecule has 0 spiro atoms. The molecule has 1 saturated carbocycles. The van der Waals surface area contributed by atoms with Crippen LogP contribution in [-0.2, 0) is 4.74 Å². The lowest BCUT2D eigenvalue weighted by Crippen LogP contribution is -2.23. The fourth-order valence-corrected chi connectivity index (χ4v) is 2.66. The molecule has 0 aromatic carbocycles. The van der Waals surface area contributed by atoms with Crippen molar-refractivity contribution in [2.45, 2.75) is 6.42 Å². The van der Waals surface area contributed by atoms with E-state index in [9.17, 15) is 10.2 Å². The van der Waals surface area contributed by atoms with E-state index in [4.69, 9.17) is 4.74 Å². The number of aliphatic hydroxyl groups excluding tert-OH is 2. The molecule has 0 aromatic rings. The van der Waals surface area contributed by atoms with Crippen molar-refractivity contribution in [3.05, 3.63) is 37.1 Å². The highest BCUT2D eigenvalue weighted by Crippen LogP contribution is 2.42. The smallest absolute Gasteiger partial charge is 0.0824 e. The Hall–Kier alpha value is -1.06. The van der Waals surface area contributed by atoms with Crippen LogP contribution in [0.5, 0.6) is 0 Å². The van der Waals surface area contributed by atoms with Crippen molar-refractivity contribution in [3.63, 3.8) is 0 Å². The minimum Gasteiger partial charge on any atom is -0.504 e. The van der Waals surface area contributed by atoms with Crippen LogP contribution in [0.4, 0.5) is 0 Å². The summed E-state index contributed by atoms with van der Waals surface area (Å²) in [6.45, 7) is 4.02. The number of methoxy groups -OCH3 is 1. The molecule has 4 atom stereocenters. The Balaban J connectivity index is 2.68. The molecule has 0 heterocycles. The Kier molecular flexibility index (Phi) is 6.01. The Morgan fingerprint density at radius 3 is 2.35 bits per heavy atom. The van der Waals surface area contributed by atoms with Crippen LogP contribution in [0.3, 0.4) is 0 Å². The number of hydrogen-bond donors (Lipinski definition) is 2. The molecule has 2 N–H and O–H groups in total. The molecule has 0 saturated heterocycles. The second-order valence-electron chi connectivity index (χ2n) is 4.44. The molecule has 3 heteroatoms. The molecule has 1 fully saturated rings. The Bertz CT molecular complexity index is 283. The molecule has 1 aliphatic carbocycles. The largest absolute Gasteiger partial charge is 0.504 e. The van der Waals surface area contributed by atoms with E-state index in [2.05, 4.69) is 12.7 Å². The van der Waals surface area contributed by atoms with E-state index < -0.39 is 0 Å². The Morgan fingerprint density at radius 1 is 1.18 bits per heavy atom. The topological polar surface area (TPSA) is 49.7 Å². The standard InChI is InChI=1S/C14H22O3/c1-3-11-8-12(6-4-5-7-17-2)14(10-16)13(11)9-15/h3-7,11-16H,1,8-10H2,2H3. The molecule has 96 valence electrons. The van der Waals surface area contributed by atoms with E-state index in [1.54, 1.807) is 13.4 Å². The maximum absolute atomic E-state index is 9.43. The van der Waals surface area contributed by atoms with E-state index in [0.717, 1.165) is 6.42 Å². The van der Waals surface area contributed by atoms with Crippen LogP contribution in [0.15, 0.2) is 37.1 Å². The SMILES string of the molecule is C=CC1CC(C=CC=COC)C(CO)C1CO. The number of aliphatic hydroxyl groups is 2. The molecule has 4 unspecified atom stereocenters. The summed E-state index contributed by atoms with van der Waals surface area (Å²) >= 11 is 0. The van der Waals surface area contributed by atoms with Crippen LogP contribution < -0.4 is 0 Å². The van der Waals surface area contributed by atoms with Gasteiger partial charge in [-0.2, -0.15) is 0 Å². The first-order chi connectivity index (χ1) is 8.28. The molecular formula is C14H22O3. The van der Waals surface area contributed by atoms with Gasteiger partial charge in [-0.3, -0.25) is 0 Å². The fourth-order valence-electron chi connectivity index (χ4n) is 2.66. The van der Waals surface area contributed by atoms with Crippen molar-refractivity contribution < 1.29 is 14.9 Å². The Morgan fingerprint density at radius 2 is 1.82 bits per heavy atom. The number of rotatable bonds is 6. The molecule has 0 amide bonds. The average molecular weight is 238 g/mol. The number of hydrogen-bond acceptors (Lipinski definition) is 3. The maximum atomic E-state index is 9.43. The van der Waals surface area contributed by atoms with Gasteiger partial charge in [-0.15, -0.1) is 6.58 Å². The van der Waals surface area contributed by atoms with Gasteiger partial charge in [0.05, 0.1) is 13.4 Å². The van der Waals surface area contributed by atoms with Gasteiger partial charge in [0.15, 0.2) is 0 Å². The van der Waals surface area contributed by atoms with E-state index in [1.165, 1.54) is 0 Å². The van der Waals surface area contributed by atoms with Crippen LogP contribution in [0.25, 0.3) is 0 Å². The van der Waals surface area contributed by atoms with E-state index in [1.807, 2.05) is 18.2 Å². The van der Waals surface area contributed by atoms with E-state index >= 15 is 0 Å². The molecule has 1 rings (SSSR count). The third kappa shape index (κ3) is 3.45. The lowest BCUT2D eigenvalue weighted by Gasteiger charge is -2.20. The Labute approximate surface area is 103 Å². The van der Waals surface area contributed by atoms with Crippen molar-refractivity contribution >= 4 is 0 Å². The van der Waals surface area contributed by atoms with Crippen molar-refractivity contribution in [1.29, 1.82) is 0 Å². The summed E-state index contributed by atoms with van der Waals surface area (Å²) in [4.78, 5) is 0. The van der Waals surface area contributed by atoms with Crippen LogP contribution in [0.1, 0.15) is 6.42 Å². The molecule has 0 bridgehead atoms. The van der Waals surface area contributed by atoms with Gasteiger partial charge in [0.2, 0.25) is 0 Å². The average Bonchev–Trinajstić information content (AvgIpc) is 2.71. The van der Waals surface area contributed by atoms with Crippen LogP contribution >= 0.6 is 0 Å². The predicted octanol–water partition coefficient (Wildman–Crippen LogP) is 1.74. The summed E-state index contributed by atoms with van der Waals surface area (Å²) in [7, 11) is 1.60. The first-order valence-corrected chi connectivity index (χ1v) is 5.98. The highest BCUT2D eigenvalue weighted by Gasteiger charge is 2.39. The zero-order valence-corrected chi connectivity index (χ0v) is 10.3. The van der Waals surface area contributed by atoms with Crippen molar-refractivity contribution in [3.8, 4) is 0 Å². The summed E-state index contributed by atoms with van der Waals surface area (Å²) in [6.07, 6.45) is 10.3. The maximum Gasteiger partial charge on any atom is 0.0824 e. The zero-order chi connectivity index (χ0) is 12.7. The van der Waals surface area contributed by atoms with Crippen LogP contribution in [-0.4, -0.2) is 30.5 Å². The molecule has 0 radical (unpaired) electrons. The van der Waals surface area contributed by atoms with Gasteiger partial charge in [0.1, 0.15) is 0 Å². The van der Waals surface area contributed by atoms with E-state index in [0.29, 0.717) is 11.8 Å². The molecule has 0 aliphatic heterocycles. The quantitative estimate of drug-likeness (QED) is 0.421. The van der Waals surface area contributed by atoms with Gasteiger partial charge in [0.25, 0.3) is 0 Å². The lowest BCUT2D eigenvalue weighted by molar-refractivity contribution is 0.117. The fraction of sp³-hybridized carbons (Fsp3) is 0.571. The minimum absolute atomic E-state index is 0.110. The number of allylic oxidation sites excluding steroid dienone is 4. The first-order valence-electron chi connectivity index (χ1n) is 5.98. The van der Waals surface area contributed by atoms with Crippen molar-refractivity contribution in [2.75, 3.05) is 20.3 Å². The first kappa shape index (κ1) is 14.0. The van der Waals surface area contributed by atoms with Gasteiger partial charge in [-0.25, -0.2) is 0 Å². The van der Waals surface area contributed by atoms with Crippen molar-refractivity contribution in [2.24, 2.45) is 23.7 Å². The third-order valence-electron chi connectivity index (χ3n) is 3.60. The molecule has 0 aromatic heterocycles. The van der Waals surface area contributed by atoms with Gasteiger partial charge >= 0.3 is 0 Å². The minimum atomic E-state index is 0.110. The second kappa shape index (κ2) is 7.30. The van der Waals surface area contributed by atoms with Crippen molar-refractivity contribution in [1.82, 2.24) is 0 Å². The second-order valence-corrected chi connectivity index (χ2v) is 4.44. The molecular weight excluding hydrogens is 216 g/mol. The van der Waals surface area contributed by atoms with Gasteiger partial charge < -0.3 is 14.9 Å². The summed E-state index contributed by atoms with van der Waals surface area (Å²) < 4.78 is 4.81. The third-order valence-corrected chi connectivity index (χ3v) is 3.60. The van der Waals surface area contributed by atoms with Gasteiger partial charge in [0, 0.05) is 13.2 Å².